The average molecular weight is 391 g/mol. The van der Waals surface area contributed by atoms with Gasteiger partial charge >= 0.3 is 0 Å². The molecule has 1 aliphatic heterocycles. The van der Waals surface area contributed by atoms with Gasteiger partial charge in [0.1, 0.15) is 12.4 Å². The molecule has 0 atom stereocenters. The molecule has 0 aromatic heterocycles. The van der Waals surface area contributed by atoms with E-state index in [-0.39, 0.29) is 5.91 Å². The van der Waals surface area contributed by atoms with Crippen molar-refractivity contribution >= 4 is 50.8 Å². The number of rotatable bonds is 4. The summed E-state index contributed by atoms with van der Waals surface area (Å²) in [4.78, 5) is 12.2. The fraction of sp³-hybridized carbons (Fsp3) is 0.0556. The first-order chi connectivity index (χ1) is 11.1. The molecular weight excluding hydrogens is 378 g/mol. The van der Waals surface area contributed by atoms with Crippen LogP contribution in [-0.2, 0) is 4.79 Å². The van der Waals surface area contributed by atoms with Gasteiger partial charge in [-0.05, 0) is 57.9 Å². The quantitative estimate of drug-likeness (QED) is 0.578. The molecule has 5 heteroatoms. The normalized spacial score (nSPS) is 14.5. The van der Waals surface area contributed by atoms with Crippen LogP contribution in [0, 0.1) is 0 Å². The Kier molecular flexibility index (Phi) is 4.55. The van der Waals surface area contributed by atoms with E-state index in [9.17, 15) is 4.79 Å². The molecule has 23 heavy (non-hydrogen) atoms. The molecule has 1 amide bonds. The highest BCUT2D eigenvalue weighted by Gasteiger charge is 2.24. The molecule has 0 unspecified atom stereocenters. The number of hydrogen-bond donors (Lipinski definition) is 1. The Morgan fingerprint density at radius 2 is 2.09 bits per heavy atom. The van der Waals surface area contributed by atoms with Gasteiger partial charge in [-0.1, -0.05) is 30.3 Å². The van der Waals surface area contributed by atoms with Crippen LogP contribution in [0.5, 0.6) is 5.75 Å². The molecule has 0 saturated carbocycles. The standard InChI is InChI=1S/C18H13BrClNO2/c1-2-7-23-17-6-3-11(9-15(17)19)8-14-13-10-12(20)4-5-16(13)21-18(14)22/h2-6,8-10H,1,7H2,(H,21,22)/b14-8+. The Morgan fingerprint density at radius 1 is 1.26 bits per heavy atom. The molecule has 0 radical (unpaired) electrons. The van der Waals surface area contributed by atoms with Gasteiger partial charge in [0.2, 0.25) is 0 Å². The lowest BCUT2D eigenvalue weighted by molar-refractivity contribution is -0.110. The highest BCUT2D eigenvalue weighted by Crippen LogP contribution is 2.35. The molecule has 2 aromatic carbocycles. The van der Waals surface area contributed by atoms with Crippen LogP contribution in [0.15, 0.2) is 53.5 Å². The molecular formula is C18H13BrClNO2. The van der Waals surface area contributed by atoms with Gasteiger partial charge in [0.05, 0.1) is 4.47 Å². The van der Waals surface area contributed by atoms with Gasteiger partial charge in [0.25, 0.3) is 5.91 Å². The van der Waals surface area contributed by atoms with E-state index in [1.165, 1.54) is 0 Å². The maximum absolute atomic E-state index is 12.2. The Hall–Kier alpha value is -2.04. The molecule has 116 valence electrons. The van der Waals surface area contributed by atoms with E-state index in [1.807, 2.05) is 24.3 Å². The van der Waals surface area contributed by atoms with E-state index in [4.69, 9.17) is 16.3 Å². The van der Waals surface area contributed by atoms with Crippen molar-refractivity contribution in [2.45, 2.75) is 0 Å². The molecule has 0 aliphatic carbocycles. The number of carbonyl (C=O) groups excluding carboxylic acids is 1. The van der Waals surface area contributed by atoms with Gasteiger partial charge in [0.15, 0.2) is 0 Å². The molecule has 0 saturated heterocycles. The number of benzene rings is 2. The minimum absolute atomic E-state index is 0.134. The predicted octanol–water partition coefficient (Wildman–Crippen LogP) is 5.16. The lowest BCUT2D eigenvalue weighted by Crippen LogP contribution is -2.03. The molecule has 1 aliphatic rings. The molecule has 3 nitrogen and oxygen atoms in total. The minimum atomic E-state index is -0.134. The number of halogens is 2. The highest BCUT2D eigenvalue weighted by molar-refractivity contribution is 9.10. The van der Waals surface area contributed by atoms with Crippen LogP contribution >= 0.6 is 27.5 Å². The number of carbonyl (C=O) groups is 1. The fourth-order valence-corrected chi connectivity index (χ4v) is 3.03. The lowest BCUT2D eigenvalue weighted by atomic mass is 10.0. The number of hydrogen-bond acceptors (Lipinski definition) is 2. The third-order valence-electron chi connectivity index (χ3n) is 3.39. The number of nitrogens with one attached hydrogen (secondary N) is 1. The van der Waals surface area contributed by atoms with Crippen molar-refractivity contribution in [3.8, 4) is 5.75 Å². The summed E-state index contributed by atoms with van der Waals surface area (Å²) in [6.07, 6.45) is 3.52. The summed E-state index contributed by atoms with van der Waals surface area (Å²) in [7, 11) is 0. The van der Waals surface area contributed by atoms with E-state index in [1.54, 1.807) is 24.3 Å². The third kappa shape index (κ3) is 3.33. The maximum atomic E-state index is 12.2. The van der Waals surface area contributed by atoms with Gasteiger partial charge in [-0.3, -0.25) is 4.79 Å². The van der Waals surface area contributed by atoms with E-state index in [0.29, 0.717) is 17.2 Å². The summed E-state index contributed by atoms with van der Waals surface area (Å²) in [6.45, 7) is 4.06. The first-order valence-corrected chi connectivity index (χ1v) is 8.12. The summed E-state index contributed by atoms with van der Waals surface area (Å²) < 4.78 is 6.34. The van der Waals surface area contributed by atoms with Crippen LogP contribution < -0.4 is 10.1 Å². The Balaban J connectivity index is 1.96. The van der Waals surface area contributed by atoms with Crippen molar-refractivity contribution in [1.29, 1.82) is 0 Å². The van der Waals surface area contributed by atoms with E-state index in [0.717, 1.165) is 27.0 Å². The Labute approximate surface area is 147 Å². The summed E-state index contributed by atoms with van der Waals surface area (Å²) in [5, 5.41) is 3.43. The SMILES string of the molecule is C=CCOc1ccc(/C=C2/C(=O)Nc3ccc(Cl)cc32)cc1Br. The van der Waals surface area contributed by atoms with Crippen LogP contribution in [0.4, 0.5) is 5.69 Å². The summed E-state index contributed by atoms with van der Waals surface area (Å²) >= 11 is 9.51. The molecule has 0 spiro atoms. The topological polar surface area (TPSA) is 38.3 Å². The monoisotopic (exact) mass is 389 g/mol. The smallest absolute Gasteiger partial charge is 0.256 e. The zero-order valence-corrected chi connectivity index (χ0v) is 14.4. The zero-order valence-electron chi connectivity index (χ0n) is 12.1. The van der Waals surface area contributed by atoms with Crippen LogP contribution in [0.1, 0.15) is 11.1 Å². The summed E-state index contributed by atoms with van der Waals surface area (Å²) in [6, 6.07) is 11.0. The van der Waals surface area contributed by atoms with Crippen molar-refractivity contribution in [2.75, 3.05) is 11.9 Å². The van der Waals surface area contributed by atoms with E-state index < -0.39 is 0 Å². The predicted molar refractivity (Wildman–Crippen MR) is 97.8 cm³/mol. The van der Waals surface area contributed by atoms with Crippen molar-refractivity contribution in [3.05, 3.63) is 69.7 Å². The maximum Gasteiger partial charge on any atom is 0.256 e. The van der Waals surface area contributed by atoms with E-state index in [2.05, 4.69) is 27.8 Å². The molecule has 0 bridgehead atoms. The second-order valence-corrected chi connectivity index (χ2v) is 6.28. The number of fused-ring (bicyclic) bond motifs is 1. The van der Waals surface area contributed by atoms with Gasteiger partial charge in [-0.25, -0.2) is 0 Å². The molecule has 1 heterocycles. The zero-order chi connectivity index (χ0) is 16.4. The largest absolute Gasteiger partial charge is 0.488 e. The van der Waals surface area contributed by atoms with Gasteiger partial charge in [-0.2, -0.15) is 0 Å². The lowest BCUT2D eigenvalue weighted by Gasteiger charge is -2.07. The van der Waals surface area contributed by atoms with Crippen LogP contribution in [0.2, 0.25) is 5.02 Å². The molecule has 2 aromatic rings. The Bertz CT molecular complexity index is 830. The van der Waals surface area contributed by atoms with Crippen LogP contribution in [-0.4, -0.2) is 12.5 Å². The van der Waals surface area contributed by atoms with Crippen molar-refractivity contribution in [1.82, 2.24) is 0 Å². The van der Waals surface area contributed by atoms with Gasteiger partial charge in [-0.15, -0.1) is 0 Å². The van der Waals surface area contributed by atoms with Gasteiger partial charge < -0.3 is 10.1 Å². The van der Waals surface area contributed by atoms with Crippen molar-refractivity contribution in [3.63, 3.8) is 0 Å². The number of amides is 1. The van der Waals surface area contributed by atoms with Gasteiger partial charge in [0, 0.05) is 21.8 Å². The van der Waals surface area contributed by atoms with E-state index >= 15 is 0 Å². The summed E-state index contributed by atoms with van der Waals surface area (Å²) in [5.41, 5.74) is 3.07. The molecule has 3 rings (SSSR count). The second kappa shape index (κ2) is 6.60. The fourth-order valence-electron chi connectivity index (χ4n) is 2.34. The first-order valence-electron chi connectivity index (χ1n) is 6.94. The highest BCUT2D eigenvalue weighted by atomic mass is 79.9. The van der Waals surface area contributed by atoms with Crippen molar-refractivity contribution in [2.24, 2.45) is 0 Å². The third-order valence-corrected chi connectivity index (χ3v) is 4.24. The number of ether oxygens (including phenoxy) is 1. The average Bonchev–Trinajstić information content (AvgIpc) is 2.82. The van der Waals surface area contributed by atoms with Crippen LogP contribution in [0.25, 0.3) is 11.6 Å². The minimum Gasteiger partial charge on any atom is -0.488 e. The number of anilines is 1. The summed E-state index contributed by atoms with van der Waals surface area (Å²) in [5.74, 6) is 0.594. The van der Waals surface area contributed by atoms with Crippen molar-refractivity contribution < 1.29 is 9.53 Å². The molecule has 1 N–H and O–H groups in total. The van der Waals surface area contributed by atoms with Crippen LogP contribution in [0.3, 0.4) is 0 Å². The first kappa shape index (κ1) is 15.8. The second-order valence-electron chi connectivity index (χ2n) is 4.99. The molecule has 0 fully saturated rings. The Morgan fingerprint density at radius 3 is 2.83 bits per heavy atom.